The second kappa shape index (κ2) is 41.3. The Morgan fingerprint density at radius 2 is 0.292 bits per heavy atom. The van der Waals surface area contributed by atoms with Gasteiger partial charge in [0.25, 0.3) is 0 Å². The minimum atomic E-state index is 0.665. The van der Waals surface area contributed by atoms with Crippen molar-refractivity contribution in [2.75, 3.05) is 0 Å². The molecule has 0 atom stereocenters. The zero-order valence-corrected chi connectivity index (χ0v) is 78.6. The highest BCUT2D eigenvalue weighted by Gasteiger charge is 2.20. The SMILES string of the molecule is N#Cc1ccc(-c2ccc(-c3ccc(-c4cccc(-c5cc(-c6ccccc6)cc(-c6ccccc6)n5)c4)c4ccccc34)cc2)cc1.N#Cc1cccc(-c2ccc(-c3ccc(-c4ccc(-c5cc(-c6ccccc6)cc(-c6ccccc6)n5)cc4)c4ccccc34)cc2)c1.N#Cc1cccc(-c2ccc(-c3ccc(-c4cccc(-c5cc(-c6ccccc6)cc(-c6ccccc6)n5)c4)c4ccccc34)cc2)c1. The average molecular weight is 1830 g/mol. The predicted octanol–water partition coefficient (Wildman–Crippen LogP) is 36.3. The van der Waals surface area contributed by atoms with Gasteiger partial charge in [-0.15, -0.1) is 0 Å². The van der Waals surface area contributed by atoms with Crippen LogP contribution in [0.2, 0.25) is 0 Å². The van der Waals surface area contributed by atoms with Crippen LogP contribution in [-0.2, 0) is 0 Å². The van der Waals surface area contributed by atoms with E-state index in [2.05, 4.69) is 467 Å². The molecule has 144 heavy (non-hydrogen) atoms. The molecule has 0 bridgehead atoms. The standard InChI is InChI=1S/3C46H30N2/c47-31-32-11-9-16-37(27-32)34-21-23-35(24-22-34)41-25-26-42(44-20-8-7-19-43(41)44)38-17-10-18-39(28-38)46-30-40(33-12-3-1-4-13-33)29-45(48-46)36-14-5-2-6-15-36;47-31-32-10-9-15-39(28-32)34-18-20-35(21-19-34)41-26-27-42(44-17-8-7-16-43(41)44)36-22-24-38(25-23-36)46-30-40(33-11-3-1-4-12-33)29-45(48-46)37-13-5-2-6-14-37;47-31-32-18-20-34(21-19-32)35-22-24-36(25-23-35)41-26-27-42(44-17-8-7-16-43(41)44)38-14-9-15-39(28-38)46-30-40(33-10-3-1-4-11-33)29-45(48-46)37-12-5-2-6-13-37/h3*1-30H. The van der Waals surface area contributed by atoms with Gasteiger partial charge in [0, 0.05) is 33.4 Å². The van der Waals surface area contributed by atoms with Gasteiger partial charge >= 0.3 is 0 Å². The first-order chi connectivity index (χ1) is 71.2. The van der Waals surface area contributed by atoms with E-state index >= 15 is 0 Å². The molecule has 0 radical (unpaired) electrons. The molecule has 0 spiro atoms. The van der Waals surface area contributed by atoms with Crippen molar-refractivity contribution in [2.24, 2.45) is 0 Å². The molecule has 0 saturated heterocycles. The highest BCUT2D eigenvalue weighted by atomic mass is 14.7. The van der Waals surface area contributed by atoms with Crippen molar-refractivity contribution in [3.8, 4) is 219 Å². The molecule has 0 aliphatic heterocycles. The highest BCUT2D eigenvalue weighted by molar-refractivity contribution is 6.08. The molecule has 0 aliphatic carbocycles. The third kappa shape index (κ3) is 19.4. The first kappa shape index (κ1) is 89.5. The Labute approximate surface area is 839 Å². The van der Waals surface area contributed by atoms with Crippen LogP contribution >= 0.6 is 0 Å². The summed E-state index contributed by atoms with van der Waals surface area (Å²) >= 11 is 0. The van der Waals surface area contributed by atoms with E-state index in [9.17, 15) is 10.5 Å². The summed E-state index contributed by atoms with van der Waals surface area (Å²) in [6.45, 7) is 0. The highest BCUT2D eigenvalue weighted by Crippen LogP contribution is 2.45. The summed E-state index contributed by atoms with van der Waals surface area (Å²) in [6, 6.07) is 197. The number of benzene rings is 21. The molecule has 0 fully saturated rings. The van der Waals surface area contributed by atoms with Crippen molar-refractivity contribution in [2.45, 2.75) is 0 Å². The largest absolute Gasteiger partial charge is 0.248 e. The number of aromatic nitrogens is 3. The summed E-state index contributed by atoms with van der Waals surface area (Å²) in [5.41, 5.74) is 41.8. The lowest BCUT2D eigenvalue weighted by molar-refractivity contribution is 1.32. The second-order valence-corrected chi connectivity index (χ2v) is 35.7. The minimum Gasteiger partial charge on any atom is -0.248 e. The predicted molar refractivity (Wildman–Crippen MR) is 597 cm³/mol. The molecular formula is C138H90N6. The Morgan fingerprint density at radius 3 is 0.562 bits per heavy atom. The lowest BCUT2D eigenvalue weighted by atomic mass is 9.90. The first-order valence-corrected chi connectivity index (χ1v) is 48.3. The van der Waals surface area contributed by atoms with Crippen LogP contribution in [0.25, 0.3) is 233 Å². The smallest absolute Gasteiger partial charge is 0.0991 e. The van der Waals surface area contributed by atoms with E-state index in [1.54, 1.807) is 0 Å². The third-order valence-electron chi connectivity index (χ3n) is 26.8. The molecule has 3 heterocycles. The first-order valence-electron chi connectivity index (χ1n) is 48.3. The van der Waals surface area contributed by atoms with Gasteiger partial charge in [-0.1, -0.05) is 461 Å². The van der Waals surface area contributed by atoms with Gasteiger partial charge in [0.1, 0.15) is 0 Å². The van der Waals surface area contributed by atoms with Crippen molar-refractivity contribution >= 4 is 32.3 Å². The minimum absolute atomic E-state index is 0.665. The summed E-state index contributed by atoms with van der Waals surface area (Å²) in [7, 11) is 0. The van der Waals surface area contributed by atoms with E-state index in [4.69, 9.17) is 20.2 Å². The summed E-state index contributed by atoms with van der Waals surface area (Å²) in [5, 5.41) is 35.1. The van der Waals surface area contributed by atoms with E-state index in [1.165, 1.54) is 88.0 Å². The van der Waals surface area contributed by atoms with Crippen molar-refractivity contribution in [3.63, 3.8) is 0 Å². The van der Waals surface area contributed by atoms with Gasteiger partial charge in [0.05, 0.1) is 69.1 Å². The molecule has 0 saturated carbocycles. The maximum Gasteiger partial charge on any atom is 0.0991 e. The van der Waals surface area contributed by atoms with Crippen molar-refractivity contribution in [1.29, 1.82) is 15.8 Å². The molecule has 24 aromatic rings. The van der Waals surface area contributed by atoms with Crippen LogP contribution < -0.4 is 0 Å². The van der Waals surface area contributed by atoms with Gasteiger partial charge in [-0.3, -0.25) is 0 Å². The van der Waals surface area contributed by atoms with E-state index in [0.29, 0.717) is 16.7 Å². The third-order valence-corrected chi connectivity index (χ3v) is 26.8. The fraction of sp³-hybridized carbons (Fsp3) is 0. The average Bonchev–Trinajstić information content (AvgIpc) is 0.775. The number of nitrogens with zero attached hydrogens (tertiary/aromatic N) is 6. The second-order valence-electron chi connectivity index (χ2n) is 35.7. The van der Waals surface area contributed by atoms with Crippen LogP contribution in [-0.4, -0.2) is 15.0 Å². The summed E-state index contributed by atoms with van der Waals surface area (Å²) in [5.74, 6) is 0. The molecule has 672 valence electrons. The number of rotatable bonds is 18. The molecule has 3 aromatic heterocycles. The van der Waals surface area contributed by atoms with Gasteiger partial charge in [0.2, 0.25) is 0 Å². The monoisotopic (exact) mass is 1830 g/mol. The molecule has 6 heteroatoms. The van der Waals surface area contributed by atoms with Crippen molar-refractivity contribution in [3.05, 3.63) is 563 Å². The van der Waals surface area contributed by atoms with Crippen LogP contribution in [0.15, 0.2) is 546 Å². The van der Waals surface area contributed by atoms with Crippen molar-refractivity contribution in [1.82, 2.24) is 15.0 Å². The molecular weight excluding hydrogens is 1740 g/mol. The van der Waals surface area contributed by atoms with Crippen LogP contribution in [0.5, 0.6) is 0 Å². The van der Waals surface area contributed by atoms with E-state index in [0.717, 1.165) is 145 Å². The molecule has 24 rings (SSSR count). The van der Waals surface area contributed by atoms with E-state index < -0.39 is 0 Å². The van der Waals surface area contributed by atoms with E-state index in [-0.39, 0.29) is 0 Å². The molecule has 0 amide bonds. The van der Waals surface area contributed by atoms with Gasteiger partial charge in [0.15, 0.2) is 0 Å². The zero-order chi connectivity index (χ0) is 96.9. The fourth-order valence-corrected chi connectivity index (χ4v) is 19.4. The van der Waals surface area contributed by atoms with Crippen LogP contribution in [0.3, 0.4) is 0 Å². The maximum atomic E-state index is 9.34. The van der Waals surface area contributed by atoms with Crippen LogP contribution in [0, 0.1) is 34.0 Å². The van der Waals surface area contributed by atoms with Crippen molar-refractivity contribution < 1.29 is 0 Å². The van der Waals surface area contributed by atoms with E-state index in [1.807, 2.05) is 97.1 Å². The number of hydrogen-bond donors (Lipinski definition) is 0. The van der Waals surface area contributed by atoms with Gasteiger partial charge in [-0.05, 0) is 251 Å². The quantitative estimate of drug-likeness (QED) is 0.0846. The Hall–Kier alpha value is -19.7. The number of fused-ring (bicyclic) bond motifs is 3. The Bertz CT molecular complexity index is 8770. The molecule has 21 aromatic carbocycles. The summed E-state index contributed by atoms with van der Waals surface area (Å²) in [4.78, 5) is 15.5. The topological polar surface area (TPSA) is 110 Å². The summed E-state index contributed by atoms with van der Waals surface area (Å²) in [6.07, 6.45) is 0. The van der Waals surface area contributed by atoms with Gasteiger partial charge in [-0.2, -0.15) is 15.8 Å². The van der Waals surface area contributed by atoms with Gasteiger partial charge in [-0.25, -0.2) is 15.0 Å². The normalized spacial score (nSPS) is 10.9. The van der Waals surface area contributed by atoms with Gasteiger partial charge < -0.3 is 0 Å². The fourth-order valence-electron chi connectivity index (χ4n) is 19.4. The lowest BCUT2D eigenvalue weighted by Crippen LogP contribution is -1.92. The summed E-state index contributed by atoms with van der Waals surface area (Å²) < 4.78 is 0. The zero-order valence-electron chi connectivity index (χ0n) is 78.6. The lowest BCUT2D eigenvalue weighted by Gasteiger charge is -2.14. The number of hydrogen-bond acceptors (Lipinski definition) is 6. The Morgan fingerprint density at radius 1 is 0.111 bits per heavy atom. The Kier molecular flexibility index (Phi) is 25.7. The molecule has 6 nitrogen and oxygen atoms in total. The van der Waals surface area contributed by atoms with Crippen LogP contribution in [0.1, 0.15) is 16.7 Å². The maximum absolute atomic E-state index is 9.34. The molecule has 0 unspecified atom stereocenters. The number of nitriles is 3. The Balaban J connectivity index is 0.000000123. The van der Waals surface area contributed by atoms with Crippen LogP contribution in [0.4, 0.5) is 0 Å². The molecule has 0 N–H and O–H groups in total. The number of pyridine rings is 3. The molecule has 0 aliphatic rings.